The summed E-state index contributed by atoms with van der Waals surface area (Å²) in [6, 6.07) is 14.8. The van der Waals surface area contributed by atoms with Gasteiger partial charge in [0.15, 0.2) is 0 Å². The van der Waals surface area contributed by atoms with Crippen molar-refractivity contribution >= 4 is 15.7 Å². The number of aryl methyl sites for hydroxylation is 1. The Hall–Kier alpha value is -1.85. The molecule has 118 valence electrons. The van der Waals surface area contributed by atoms with Gasteiger partial charge in [0.2, 0.25) is 10.0 Å². The quantitative estimate of drug-likeness (QED) is 0.851. The van der Waals surface area contributed by atoms with Crippen molar-refractivity contribution in [3.8, 4) is 0 Å². The summed E-state index contributed by atoms with van der Waals surface area (Å²) in [6.45, 7) is 2.29. The number of hydrogen-bond acceptors (Lipinski definition) is 3. The van der Waals surface area contributed by atoms with Gasteiger partial charge in [-0.2, -0.15) is 4.31 Å². The molecule has 0 aromatic heterocycles. The van der Waals surface area contributed by atoms with Crippen LogP contribution < -0.4 is 4.90 Å². The molecule has 0 spiro atoms. The molecule has 2 aromatic rings. The molecule has 0 saturated carbocycles. The zero-order valence-electron chi connectivity index (χ0n) is 13.4. The molecular formula is C17H22N2O2S. The van der Waals surface area contributed by atoms with Gasteiger partial charge in [-0.3, -0.25) is 0 Å². The largest absolute Gasteiger partial charge is 0.378 e. The molecule has 5 heteroatoms. The lowest BCUT2D eigenvalue weighted by Crippen LogP contribution is -2.26. The van der Waals surface area contributed by atoms with Crippen molar-refractivity contribution in [3.63, 3.8) is 0 Å². The molecule has 0 atom stereocenters. The first kappa shape index (κ1) is 16.5. The fourth-order valence-electron chi connectivity index (χ4n) is 2.13. The molecule has 0 bridgehead atoms. The molecule has 0 aliphatic carbocycles. The first-order valence-electron chi connectivity index (χ1n) is 7.10. The summed E-state index contributed by atoms with van der Waals surface area (Å²) < 4.78 is 26.5. The van der Waals surface area contributed by atoms with Crippen molar-refractivity contribution in [1.82, 2.24) is 4.31 Å². The summed E-state index contributed by atoms with van der Waals surface area (Å²) in [5.74, 6) is 0. The molecule has 0 N–H and O–H groups in total. The van der Waals surface area contributed by atoms with Crippen LogP contribution >= 0.6 is 0 Å². The van der Waals surface area contributed by atoms with Crippen LogP contribution in [0, 0.1) is 6.92 Å². The fraction of sp³-hybridized carbons (Fsp3) is 0.294. The van der Waals surface area contributed by atoms with Crippen LogP contribution in [0.15, 0.2) is 53.4 Å². The Morgan fingerprint density at radius 3 is 1.91 bits per heavy atom. The van der Waals surface area contributed by atoms with E-state index in [4.69, 9.17) is 0 Å². The lowest BCUT2D eigenvalue weighted by molar-refractivity contribution is 0.467. The highest BCUT2D eigenvalue weighted by molar-refractivity contribution is 7.89. The smallest absolute Gasteiger partial charge is 0.243 e. The number of hydrogen-bond donors (Lipinski definition) is 0. The van der Waals surface area contributed by atoms with E-state index < -0.39 is 10.0 Å². The standard InChI is InChI=1S/C17H22N2O2S/c1-14-5-11-17(12-6-14)22(20,21)19(4)13-15-7-9-16(10-8-15)18(2)3/h5-12H,13H2,1-4H3. The molecule has 0 amide bonds. The van der Waals surface area contributed by atoms with Crippen molar-refractivity contribution in [2.75, 3.05) is 26.0 Å². The normalized spacial score (nSPS) is 11.7. The minimum Gasteiger partial charge on any atom is -0.378 e. The van der Waals surface area contributed by atoms with E-state index in [1.807, 2.05) is 62.3 Å². The second-order valence-corrected chi connectivity index (χ2v) is 7.68. The van der Waals surface area contributed by atoms with E-state index in [0.717, 1.165) is 16.8 Å². The van der Waals surface area contributed by atoms with E-state index in [1.165, 1.54) is 4.31 Å². The van der Waals surface area contributed by atoms with Gasteiger partial charge in [0, 0.05) is 33.4 Å². The lowest BCUT2D eigenvalue weighted by atomic mass is 10.2. The summed E-state index contributed by atoms with van der Waals surface area (Å²) in [5.41, 5.74) is 3.09. The third-order valence-corrected chi connectivity index (χ3v) is 5.40. The summed E-state index contributed by atoms with van der Waals surface area (Å²) in [7, 11) is 2.10. The second kappa shape index (κ2) is 6.50. The summed E-state index contributed by atoms with van der Waals surface area (Å²) in [5, 5.41) is 0. The van der Waals surface area contributed by atoms with Gasteiger partial charge in [-0.1, -0.05) is 29.8 Å². The van der Waals surface area contributed by atoms with E-state index in [0.29, 0.717) is 11.4 Å². The Balaban J connectivity index is 2.17. The van der Waals surface area contributed by atoms with E-state index in [-0.39, 0.29) is 0 Å². The van der Waals surface area contributed by atoms with Gasteiger partial charge < -0.3 is 4.90 Å². The van der Waals surface area contributed by atoms with Crippen molar-refractivity contribution in [3.05, 3.63) is 59.7 Å². The Morgan fingerprint density at radius 2 is 1.41 bits per heavy atom. The summed E-state index contributed by atoms with van der Waals surface area (Å²) in [4.78, 5) is 2.34. The van der Waals surface area contributed by atoms with Crippen molar-refractivity contribution in [2.24, 2.45) is 0 Å². The maximum absolute atomic E-state index is 12.5. The minimum absolute atomic E-state index is 0.325. The maximum atomic E-state index is 12.5. The van der Waals surface area contributed by atoms with Crippen LogP contribution in [0.2, 0.25) is 0 Å². The molecule has 2 rings (SSSR count). The monoisotopic (exact) mass is 318 g/mol. The fourth-order valence-corrected chi connectivity index (χ4v) is 3.29. The molecule has 0 heterocycles. The van der Waals surface area contributed by atoms with Gasteiger partial charge in [0.05, 0.1) is 4.90 Å². The zero-order chi connectivity index (χ0) is 16.3. The SMILES string of the molecule is Cc1ccc(S(=O)(=O)N(C)Cc2ccc(N(C)C)cc2)cc1. The Kier molecular flexibility index (Phi) is 4.88. The van der Waals surface area contributed by atoms with Gasteiger partial charge in [-0.15, -0.1) is 0 Å². The van der Waals surface area contributed by atoms with E-state index in [2.05, 4.69) is 0 Å². The van der Waals surface area contributed by atoms with Gasteiger partial charge in [0.1, 0.15) is 0 Å². The highest BCUT2D eigenvalue weighted by atomic mass is 32.2. The third-order valence-electron chi connectivity index (χ3n) is 3.59. The number of anilines is 1. The predicted octanol–water partition coefficient (Wildman–Crippen LogP) is 2.88. The number of benzene rings is 2. The Morgan fingerprint density at radius 1 is 0.864 bits per heavy atom. The Labute approximate surface area is 133 Å². The van der Waals surface area contributed by atoms with Gasteiger partial charge in [-0.05, 0) is 36.8 Å². The van der Waals surface area contributed by atoms with Crippen LogP contribution in [-0.4, -0.2) is 33.9 Å². The molecule has 2 aromatic carbocycles. The molecule has 0 aliphatic heterocycles. The zero-order valence-corrected chi connectivity index (χ0v) is 14.3. The third kappa shape index (κ3) is 3.67. The molecule has 0 fully saturated rings. The first-order chi connectivity index (χ1) is 10.3. The molecule has 0 unspecified atom stereocenters. The van der Waals surface area contributed by atoms with E-state index in [9.17, 15) is 8.42 Å². The molecule has 0 radical (unpaired) electrons. The van der Waals surface area contributed by atoms with Crippen LogP contribution in [0.5, 0.6) is 0 Å². The number of sulfonamides is 1. The van der Waals surface area contributed by atoms with Gasteiger partial charge >= 0.3 is 0 Å². The number of nitrogens with zero attached hydrogens (tertiary/aromatic N) is 2. The van der Waals surface area contributed by atoms with Gasteiger partial charge in [0.25, 0.3) is 0 Å². The predicted molar refractivity (Wildman–Crippen MR) is 90.6 cm³/mol. The Bertz CT molecular complexity index is 720. The van der Waals surface area contributed by atoms with Crippen molar-refractivity contribution in [2.45, 2.75) is 18.4 Å². The minimum atomic E-state index is -3.46. The van der Waals surface area contributed by atoms with E-state index in [1.54, 1.807) is 19.2 Å². The maximum Gasteiger partial charge on any atom is 0.243 e. The highest BCUT2D eigenvalue weighted by Gasteiger charge is 2.20. The molecular weight excluding hydrogens is 296 g/mol. The second-order valence-electron chi connectivity index (χ2n) is 5.64. The van der Waals surface area contributed by atoms with Crippen LogP contribution in [-0.2, 0) is 16.6 Å². The number of rotatable bonds is 5. The average molecular weight is 318 g/mol. The van der Waals surface area contributed by atoms with Crippen LogP contribution in [0.1, 0.15) is 11.1 Å². The van der Waals surface area contributed by atoms with Crippen LogP contribution in [0.4, 0.5) is 5.69 Å². The summed E-state index contributed by atoms with van der Waals surface area (Å²) >= 11 is 0. The first-order valence-corrected chi connectivity index (χ1v) is 8.54. The van der Waals surface area contributed by atoms with Crippen molar-refractivity contribution < 1.29 is 8.42 Å². The van der Waals surface area contributed by atoms with Gasteiger partial charge in [-0.25, -0.2) is 8.42 Å². The summed E-state index contributed by atoms with van der Waals surface area (Å²) in [6.07, 6.45) is 0. The molecule has 0 aliphatic rings. The molecule has 0 saturated heterocycles. The average Bonchev–Trinajstić information content (AvgIpc) is 2.48. The topological polar surface area (TPSA) is 40.6 Å². The van der Waals surface area contributed by atoms with Crippen LogP contribution in [0.3, 0.4) is 0 Å². The van der Waals surface area contributed by atoms with Crippen molar-refractivity contribution in [1.29, 1.82) is 0 Å². The molecule has 22 heavy (non-hydrogen) atoms. The molecule has 4 nitrogen and oxygen atoms in total. The van der Waals surface area contributed by atoms with E-state index >= 15 is 0 Å². The highest BCUT2D eigenvalue weighted by Crippen LogP contribution is 2.19. The van der Waals surface area contributed by atoms with Crippen LogP contribution in [0.25, 0.3) is 0 Å². The lowest BCUT2D eigenvalue weighted by Gasteiger charge is -2.18.